The van der Waals surface area contributed by atoms with Crippen molar-refractivity contribution in [2.75, 3.05) is 0 Å². The smallest absolute Gasteiger partial charge is 0.151 e. The molecule has 6 heteroatoms. The van der Waals surface area contributed by atoms with Crippen LogP contribution < -0.4 is 0 Å². The molecule has 122 valence electrons. The van der Waals surface area contributed by atoms with Gasteiger partial charge in [-0.1, -0.05) is 12.1 Å². The van der Waals surface area contributed by atoms with E-state index < -0.39 is 17.0 Å². The molecule has 0 fully saturated rings. The SMILES string of the molecule is CC1(C)N=C(c2cc3cccc(F)c3nn2)c2sccc2C1(C)O. The van der Waals surface area contributed by atoms with Gasteiger partial charge in [0.15, 0.2) is 5.82 Å². The number of aliphatic hydroxyl groups is 1. The minimum Gasteiger partial charge on any atom is -0.383 e. The van der Waals surface area contributed by atoms with Crippen LogP contribution in [0.15, 0.2) is 40.7 Å². The lowest BCUT2D eigenvalue weighted by Gasteiger charge is -2.41. The van der Waals surface area contributed by atoms with E-state index in [0.717, 1.165) is 10.4 Å². The van der Waals surface area contributed by atoms with Crippen molar-refractivity contribution < 1.29 is 9.50 Å². The highest BCUT2D eigenvalue weighted by atomic mass is 32.1. The van der Waals surface area contributed by atoms with E-state index in [-0.39, 0.29) is 5.52 Å². The van der Waals surface area contributed by atoms with Crippen LogP contribution in [-0.2, 0) is 5.60 Å². The summed E-state index contributed by atoms with van der Waals surface area (Å²) in [6.07, 6.45) is 0. The number of aromatic nitrogens is 2. The molecule has 3 heterocycles. The van der Waals surface area contributed by atoms with Crippen LogP contribution in [0.1, 0.15) is 36.9 Å². The Morgan fingerprint density at radius 3 is 2.71 bits per heavy atom. The first-order chi connectivity index (χ1) is 11.3. The fourth-order valence-corrected chi connectivity index (χ4v) is 3.96. The van der Waals surface area contributed by atoms with Crippen molar-refractivity contribution in [2.24, 2.45) is 4.99 Å². The maximum Gasteiger partial charge on any atom is 0.151 e. The molecule has 1 atom stereocenters. The van der Waals surface area contributed by atoms with E-state index in [4.69, 9.17) is 4.99 Å². The Morgan fingerprint density at radius 2 is 1.92 bits per heavy atom. The second kappa shape index (κ2) is 4.91. The van der Waals surface area contributed by atoms with Gasteiger partial charge in [0.25, 0.3) is 0 Å². The summed E-state index contributed by atoms with van der Waals surface area (Å²) in [7, 11) is 0. The van der Waals surface area contributed by atoms with Gasteiger partial charge in [0.1, 0.15) is 22.5 Å². The van der Waals surface area contributed by atoms with Crippen LogP contribution in [-0.4, -0.2) is 26.6 Å². The average molecular weight is 341 g/mol. The van der Waals surface area contributed by atoms with Crippen LogP contribution >= 0.6 is 11.3 Å². The van der Waals surface area contributed by atoms with Gasteiger partial charge in [0.05, 0.1) is 10.4 Å². The third-order valence-corrected chi connectivity index (χ3v) is 5.72. The summed E-state index contributed by atoms with van der Waals surface area (Å²) >= 11 is 1.51. The number of hydrogen-bond acceptors (Lipinski definition) is 5. The van der Waals surface area contributed by atoms with Crippen molar-refractivity contribution in [3.8, 4) is 0 Å². The molecular weight excluding hydrogens is 325 g/mol. The lowest BCUT2D eigenvalue weighted by atomic mass is 9.76. The molecule has 1 aromatic carbocycles. The fourth-order valence-electron chi connectivity index (χ4n) is 2.97. The first kappa shape index (κ1) is 15.4. The van der Waals surface area contributed by atoms with Gasteiger partial charge in [0.2, 0.25) is 0 Å². The number of benzene rings is 1. The van der Waals surface area contributed by atoms with E-state index in [9.17, 15) is 9.50 Å². The third kappa shape index (κ3) is 2.03. The first-order valence-corrected chi connectivity index (χ1v) is 8.52. The summed E-state index contributed by atoms with van der Waals surface area (Å²) in [4.78, 5) is 5.64. The van der Waals surface area contributed by atoms with E-state index in [1.54, 1.807) is 25.1 Å². The number of rotatable bonds is 1. The molecule has 1 N–H and O–H groups in total. The molecule has 24 heavy (non-hydrogen) atoms. The Morgan fingerprint density at radius 1 is 1.12 bits per heavy atom. The third-order valence-electron chi connectivity index (χ3n) is 4.80. The highest BCUT2D eigenvalue weighted by Crippen LogP contribution is 2.44. The van der Waals surface area contributed by atoms with Crippen LogP contribution in [0.25, 0.3) is 10.9 Å². The lowest BCUT2D eigenvalue weighted by molar-refractivity contribution is -0.00921. The summed E-state index contributed by atoms with van der Waals surface area (Å²) in [5.41, 5.74) is 0.575. The Bertz CT molecular complexity index is 991. The molecule has 1 aliphatic heterocycles. The Hall–Kier alpha value is -2.18. The van der Waals surface area contributed by atoms with Crippen molar-refractivity contribution in [1.82, 2.24) is 10.2 Å². The minimum atomic E-state index is -1.07. The highest BCUT2D eigenvalue weighted by Gasteiger charge is 2.47. The van der Waals surface area contributed by atoms with Gasteiger partial charge in [-0.2, -0.15) is 0 Å². The summed E-state index contributed by atoms with van der Waals surface area (Å²) in [6.45, 7) is 5.56. The number of thiophene rings is 1. The second-order valence-corrected chi connectivity index (χ2v) is 7.58. The fraction of sp³-hybridized carbons (Fsp3) is 0.278. The quantitative estimate of drug-likeness (QED) is 0.735. The van der Waals surface area contributed by atoms with Crippen molar-refractivity contribution in [1.29, 1.82) is 0 Å². The summed E-state index contributed by atoms with van der Waals surface area (Å²) in [5, 5.41) is 21.8. The molecule has 4 rings (SSSR count). The first-order valence-electron chi connectivity index (χ1n) is 7.64. The predicted octanol–water partition coefficient (Wildman–Crippen LogP) is 3.67. The van der Waals surface area contributed by atoms with Gasteiger partial charge in [-0.15, -0.1) is 21.5 Å². The Labute approximate surface area is 142 Å². The second-order valence-electron chi connectivity index (χ2n) is 6.66. The van der Waals surface area contributed by atoms with Crippen molar-refractivity contribution in [3.05, 3.63) is 57.7 Å². The molecule has 1 aliphatic rings. The summed E-state index contributed by atoms with van der Waals surface area (Å²) in [6, 6.07) is 8.54. The zero-order valence-corrected chi connectivity index (χ0v) is 14.4. The number of hydrogen-bond donors (Lipinski definition) is 1. The van der Waals surface area contributed by atoms with E-state index in [2.05, 4.69) is 10.2 Å². The average Bonchev–Trinajstić information content (AvgIpc) is 3.02. The van der Waals surface area contributed by atoms with Gasteiger partial charge in [-0.3, -0.25) is 4.99 Å². The predicted molar refractivity (Wildman–Crippen MR) is 93.1 cm³/mol. The summed E-state index contributed by atoms with van der Waals surface area (Å²) in [5.74, 6) is -0.391. The van der Waals surface area contributed by atoms with Crippen molar-refractivity contribution >= 4 is 28.0 Å². The Kier molecular flexibility index (Phi) is 3.14. The van der Waals surface area contributed by atoms with Crippen LogP contribution in [0.3, 0.4) is 0 Å². The van der Waals surface area contributed by atoms with Crippen LogP contribution in [0, 0.1) is 5.82 Å². The molecular formula is C18H16FN3OS. The molecule has 0 spiro atoms. The number of nitrogens with zero attached hydrogens (tertiary/aromatic N) is 3. The summed E-state index contributed by atoms with van der Waals surface area (Å²) < 4.78 is 13.8. The van der Waals surface area contributed by atoms with E-state index in [0.29, 0.717) is 16.8 Å². The number of halogens is 1. The molecule has 0 aliphatic carbocycles. The molecule has 1 unspecified atom stereocenters. The van der Waals surface area contributed by atoms with Crippen LogP contribution in [0.5, 0.6) is 0 Å². The zero-order valence-electron chi connectivity index (χ0n) is 13.5. The Balaban J connectivity index is 1.95. The lowest BCUT2D eigenvalue weighted by Crippen LogP contribution is -2.47. The van der Waals surface area contributed by atoms with Gasteiger partial charge < -0.3 is 5.11 Å². The van der Waals surface area contributed by atoms with Crippen molar-refractivity contribution in [2.45, 2.75) is 31.9 Å². The molecule has 0 radical (unpaired) electrons. The number of fused-ring (bicyclic) bond motifs is 2. The van der Waals surface area contributed by atoms with Gasteiger partial charge >= 0.3 is 0 Å². The molecule has 3 aromatic rings. The normalized spacial score (nSPS) is 22.3. The monoisotopic (exact) mass is 341 g/mol. The molecule has 0 bridgehead atoms. The molecule has 0 amide bonds. The largest absolute Gasteiger partial charge is 0.383 e. The minimum absolute atomic E-state index is 0.246. The van der Waals surface area contributed by atoms with Gasteiger partial charge in [-0.05, 0) is 44.4 Å². The van der Waals surface area contributed by atoms with Crippen molar-refractivity contribution in [3.63, 3.8) is 0 Å². The van der Waals surface area contributed by atoms with E-state index >= 15 is 0 Å². The molecule has 0 saturated heterocycles. The highest BCUT2D eigenvalue weighted by molar-refractivity contribution is 7.12. The van der Waals surface area contributed by atoms with E-state index in [1.165, 1.54) is 17.4 Å². The molecule has 0 saturated carbocycles. The van der Waals surface area contributed by atoms with E-state index in [1.807, 2.05) is 25.3 Å². The van der Waals surface area contributed by atoms with Crippen LogP contribution in [0.2, 0.25) is 0 Å². The molecule has 4 nitrogen and oxygen atoms in total. The maximum atomic E-state index is 13.8. The van der Waals surface area contributed by atoms with Gasteiger partial charge in [-0.25, -0.2) is 4.39 Å². The molecule has 2 aromatic heterocycles. The standard InChI is InChI=1S/C18H16FN3OS/c1-17(2)18(3,23)11-7-8-24-16(11)15(20-17)13-9-10-5-4-6-12(19)14(10)22-21-13/h4-9,23H,1-3H3. The van der Waals surface area contributed by atoms with Crippen LogP contribution in [0.4, 0.5) is 4.39 Å². The zero-order chi connectivity index (χ0) is 17.1. The van der Waals surface area contributed by atoms with Gasteiger partial charge in [0, 0.05) is 10.9 Å². The topological polar surface area (TPSA) is 58.4 Å². The maximum absolute atomic E-state index is 13.8. The number of aliphatic imine (C=N–C) groups is 1.